The third kappa shape index (κ3) is 7.32. The van der Waals surface area contributed by atoms with E-state index in [1.807, 2.05) is 11.8 Å². The van der Waals surface area contributed by atoms with E-state index in [9.17, 15) is 0 Å². The van der Waals surface area contributed by atoms with Crippen molar-refractivity contribution in [1.29, 1.82) is 0 Å². The predicted molar refractivity (Wildman–Crippen MR) is 79.9 cm³/mol. The van der Waals surface area contributed by atoms with Crippen molar-refractivity contribution in [1.82, 2.24) is 10.2 Å². The average Bonchev–Trinajstić information content (AvgIpc) is 2.30. The molecular weight excluding hydrogens is 228 g/mol. The first-order valence-electron chi connectivity index (χ1n) is 7.17. The van der Waals surface area contributed by atoms with Crippen LogP contribution >= 0.6 is 11.8 Å². The van der Waals surface area contributed by atoms with Crippen molar-refractivity contribution in [2.75, 3.05) is 38.2 Å². The zero-order chi connectivity index (χ0) is 12.5. The van der Waals surface area contributed by atoms with Gasteiger partial charge in [-0.25, -0.2) is 0 Å². The smallest absolute Gasteiger partial charge is 0.00914 e. The maximum absolute atomic E-state index is 3.72. The second-order valence-corrected chi connectivity index (χ2v) is 6.61. The molecule has 1 saturated heterocycles. The first-order chi connectivity index (χ1) is 8.22. The minimum Gasteiger partial charge on any atom is -0.314 e. The fraction of sp³-hybridized carbons (Fsp3) is 1.00. The molecule has 0 saturated carbocycles. The molecule has 0 atom stereocenters. The van der Waals surface area contributed by atoms with Gasteiger partial charge in [-0.2, -0.15) is 11.8 Å². The van der Waals surface area contributed by atoms with Crippen LogP contribution in [-0.4, -0.2) is 49.1 Å². The Morgan fingerprint density at radius 1 is 1.24 bits per heavy atom. The molecule has 3 heteroatoms. The Labute approximate surface area is 112 Å². The fourth-order valence-corrected chi connectivity index (χ4v) is 3.01. The monoisotopic (exact) mass is 258 g/mol. The molecule has 0 spiro atoms. The van der Waals surface area contributed by atoms with Crippen molar-refractivity contribution in [3.8, 4) is 0 Å². The van der Waals surface area contributed by atoms with E-state index in [-0.39, 0.29) is 0 Å². The van der Waals surface area contributed by atoms with Crippen LogP contribution in [0, 0.1) is 5.92 Å². The van der Waals surface area contributed by atoms with E-state index < -0.39 is 0 Å². The summed E-state index contributed by atoms with van der Waals surface area (Å²) in [4.78, 5) is 2.62. The molecule has 17 heavy (non-hydrogen) atoms. The fourth-order valence-electron chi connectivity index (χ4n) is 2.51. The number of piperidine rings is 1. The van der Waals surface area contributed by atoms with Gasteiger partial charge in [0.15, 0.2) is 0 Å². The van der Waals surface area contributed by atoms with Gasteiger partial charge in [0.25, 0.3) is 0 Å². The lowest BCUT2D eigenvalue weighted by atomic mass is 10.0. The standard InChI is InChI=1S/C14H30N2S/c1-13(2)12-16-9-6-14(7-10-16)15-8-4-5-11-17-3/h13-15H,4-12H2,1-3H3. The number of rotatable bonds is 8. The van der Waals surface area contributed by atoms with Gasteiger partial charge in [-0.1, -0.05) is 13.8 Å². The molecule has 102 valence electrons. The Morgan fingerprint density at radius 2 is 1.94 bits per heavy atom. The summed E-state index contributed by atoms with van der Waals surface area (Å²) >= 11 is 1.96. The van der Waals surface area contributed by atoms with Crippen molar-refractivity contribution in [3.05, 3.63) is 0 Å². The normalized spacial score (nSPS) is 19.1. The second kappa shape index (κ2) is 9.23. The van der Waals surface area contributed by atoms with E-state index in [0.29, 0.717) is 0 Å². The van der Waals surface area contributed by atoms with Gasteiger partial charge in [-0.15, -0.1) is 0 Å². The summed E-state index contributed by atoms with van der Waals surface area (Å²) in [5, 5.41) is 3.72. The molecule has 0 amide bonds. The Balaban J connectivity index is 1.99. The van der Waals surface area contributed by atoms with Crippen molar-refractivity contribution in [3.63, 3.8) is 0 Å². The van der Waals surface area contributed by atoms with Gasteiger partial charge in [-0.05, 0) is 63.2 Å². The van der Waals surface area contributed by atoms with Crippen molar-refractivity contribution >= 4 is 11.8 Å². The number of unbranched alkanes of at least 4 members (excludes halogenated alkanes) is 1. The Hall–Kier alpha value is 0.270. The highest BCUT2D eigenvalue weighted by molar-refractivity contribution is 7.98. The van der Waals surface area contributed by atoms with Crippen LogP contribution in [0.4, 0.5) is 0 Å². The summed E-state index contributed by atoms with van der Waals surface area (Å²) in [6.45, 7) is 9.71. The van der Waals surface area contributed by atoms with Gasteiger partial charge in [0.1, 0.15) is 0 Å². The van der Waals surface area contributed by atoms with Gasteiger partial charge in [0, 0.05) is 12.6 Å². The molecule has 0 aliphatic carbocycles. The molecule has 0 radical (unpaired) electrons. The number of hydrogen-bond donors (Lipinski definition) is 1. The highest BCUT2D eigenvalue weighted by atomic mass is 32.2. The molecule has 0 bridgehead atoms. The van der Waals surface area contributed by atoms with Crippen LogP contribution in [0.1, 0.15) is 39.5 Å². The average molecular weight is 258 g/mol. The molecular formula is C14H30N2S. The summed E-state index contributed by atoms with van der Waals surface area (Å²) in [6.07, 6.45) is 7.58. The number of nitrogens with one attached hydrogen (secondary N) is 1. The van der Waals surface area contributed by atoms with Gasteiger partial charge in [0.2, 0.25) is 0 Å². The van der Waals surface area contributed by atoms with Crippen molar-refractivity contribution < 1.29 is 0 Å². The van der Waals surface area contributed by atoms with Gasteiger partial charge in [0.05, 0.1) is 0 Å². The summed E-state index contributed by atoms with van der Waals surface area (Å²) in [7, 11) is 0. The second-order valence-electron chi connectivity index (χ2n) is 5.62. The lowest BCUT2D eigenvalue weighted by molar-refractivity contribution is 0.180. The summed E-state index contributed by atoms with van der Waals surface area (Å²) in [5.41, 5.74) is 0. The van der Waals surface area contributed by atoms with Crippen LogP contribution in [0.25, 0.3) is 0 Å². The molecule has 0 aromatic heterocycles. The van der Waals surface area contributed by atoms with Crippen LogP contribution in [-0.2, 0) is 0 Å². The van der Waals surface area contributed by atoms with E-state index in [1.54, 1.807) is 0 Å². The highest BCUT2D eigenvalue weighted by Crippen LogP contribution is 2.12. The topological polar surface area (TPSA) is 15.3 Å². The zero-order valence-corrected chi connectivity index (χ0v) is 12.7. The Bertz CT molecular complexity index is 177. The number of nitrogens with zero attached hydrogens (tertiary/aromatic N) is 1. The van der Waals surface area contributed by atoms with Crippen LogP contribution in [0.3, 0.4) is 0 Å². The van der Waals surface area contributed by atoms with E-state index in [1.165, 1.54) is 57.6 Å². The Morgan fingerprint density at radius 3 is 2.53 bits per heavy atom. The number of likely N-dealkylation sites (tertiary alicyclic amines) is 1. The highest BCUT2D eigenvalue weighted by Gasteiger charge is 2.18. The molecule has 0 unspecified atom stereocenters. The molecule has 1 aliphatic rings. The van der Waals surface area contributed by atoms with E-state index in [2.05, 4.69) is 30.3 Å². The third-order valence-corrected chi connectivity index (χ3v) is 4.12. The Kier molecular flexibility index (Phi) is 8.33. The van der Waals surface area contributed by atoms with Gasteiger partial charge < -0.3 is 10.2 Å². The van der Waals surface area contributed by atoms with Crippen molar-refractivity contribution in [2.45, 2.75) is 45.6 Å². The molecule has 1 heterocycles. The maximum atomic E-state index is 3.72. The summed E-state index contributed by atoms with van der Waals surface area (Å²) in [5.74, 6) is 2.13. The van der Waals surface area contributed by atoms with Crippen LogP contribution in [0.2, 0.25) is 0 Å². The third-order valence-electron chi connectivity index (χ3n) is 3.42. The van der Waals surface area contributed by atoms with Crippen LogP contribution < -0.4 is 5.32 Å². The molecule has 0 aromatic rings. The van der Waals surface area contributed by atoms with E-state index >= 15 is 0 Å². The maximum Gasteiger partial charge on any atom is 0.00914 e. The quantitative estimate of drug-likeness (QED) is 0.674. The molecule has 1 rings (SSSR count). The minimum absolute atomic E-state index is 0.785. The van der Waals surface area contributed by atoms with Crippen molar-refractivity contribution in [2.24, 2.45) is 5.92 Å². The first kappa shape index (κ1) is 15.3. The van der Waals surface area contributed by atoms with Gasteiger partial charge >= 0.3 is 0 Å². The summed E-state index contributed by atoms with van der Waals surface area (Å²) in [6, 6.07) is 0.785. The summed E-state index contributed by atoms with van der Waals surface area (Å²) < 4.78 is 0. The minimum atomic E-state index is 0.785. The lowest BCUT2D eigenvalue weighted by Gasteiger charge is -2.33. The van der Waals surface area contributed by atoms with E-state index in [0.717, 1.165) is 12.0 Å². The van der Waals surface area contributed by atoms with Gasteiger partial charge in [-0.3, -0.25) is 0 Å². The molecule has 1 aliphatic heterocycles. The van der Waals surface area contributed by atoms with E-state index in [4.69, 9.17) is 0 Å². The lowest BCUT2D eigenvalue weighted by Crippen LogP contribution is -2.43. The SMILES string of the molecule is CSCCCCNC1CCN(CC(C)C)CC1. The molecule has 1 N–H and O–H groups in total. The molecule has 2 nitrogen and oxygen atoms in total. The zero-order valence-electron chi connectivity index (χ0n) is 11.9. The number of thioether (sulfide) groups is 1. The molecule has 1 fully saturated rings. The molecule has 0 aromatic carbocycles. The largest absolute Gasteiger partial charge is 0.314 e. The number of hydrogen-bond acceptors (Lipinski definition) is 3. The van der Waals surface area contributed by atoms with Crippen LogP contribution in [0.15, 0.2) is 0 Å². The van der Waals surface area contributed by atoms with Crippen LogP contribution in [0.5, 0.6) is 0 Å². The first-order valence-corrected chi connectivity index (χ1v) is 8.56. The predicted octanol–water partition coefficient (Wildman–Crippen LogP) is 2.84.